The Labute approximate surface area is 169 Å². The molecule has 148 valence electrons. The van der Waals surface area contributed by atoms with Crippen LogP contribution in [0.3, 0.4) is 0 Å². The predicted molar refractivity (Wildman–Crippen MR) is 113 cm³/mol. The number of para-hydroxylation sites is 2. The summed E-state index contributed by atoms with van der Waals surface area (Å²) in [6.45, 7) is 0. The zero-order chi connectivity index (χ0) is 20.4. The fourth-order valence-electron chi connectivity index (χ4n) is 2.37. The largest absolute Gasteiger partial charge is 0.493 e. The van der Waals surface area contributed by atoms with Gasteiger partial charge in [0.1, 0.15) is 0 Å². The van der Waals surface area contributed by atoms with Gasteiger partial charge < -0.3 is 18.9 Å². The van der Waals surface area contributed by atoms with Crippen molar-refractivity contribution in [2.24, 2.45) is 10.2 Å². The van der Waals surface area contributed by atoms with E-state index in [-0.39, 0.29) is 5.11 Å². The summed E-state index contributed by atoms with van der Waals surface area (Å²) in [6, 6.07) is 11.0. The number of thiocarbonyl (C=S) groups is 1. The number of ether oxygens (including phenoxy) is 4. The Morgan fingerprint density at radius 1 is 0.750 bits per heavy atom. The molecule has 0 radical (unpaired) electrons. The number of benzene rings is 2. The van der Waals surface area contributed by atoms with Crippen molar-refractivity contribution in [1.82, 2.24) is 10.9 Å². The topological polar surface area (TPSA) is 85.7 Å². The highest BCUT2D eigenvalue weighted by molar-refractivity contribution is 7.80. The van der Waals surface area contributed by atoms with Crippen LogP contribution in [0, 0.1) is 0 Å². The van der Waals surface area contributed by atoms with Crippen LogP contribution in [0.5, 0.6) is 23.0 Å². The third-order valence-corrected chi connectivity index (χ3v) is 3.79. The van der Waals surface area contributed by atoms with Gasteiger partial charge in [-0.3, -0.25) is 10.9 Å². The number of hydrogen-bond donors (Lipinski definition) is 2. The number of rotatable bonds is 8. The monoisotopic (exact) mass is 402 g/mol. The Morgan fingerprint density at radius 2 is 1.18 bits per heavy atom. The van der Waals surface area contributed by atoms with E-state index in [1.807, 2.05) is 24.3 Å². The molecule has 0 saturated heterocycles. The SMILES string of the molecule is COc1cccc(/C=N\NC(=S)N/N=C\c2cccc(OC)c2OC)c1OC. The molecule has 0 spiro atoms. The average molecular weight is 402 g/mol. The second-order valence-electron chi connectivity index (χ2n) is 5.23. The number of methoxy groups -OCH3 is 4. The molecule has 0 aliphatic carbocycles. The van der Waals surface area contributed by atoms with Gasteiger partial charge in [-0.2, -0.15) is 10.2 Å². The van der Waals surface area contributed by atoms with Crippen LogP contribution in [0.25, 0.3) is 0 Å². The summed E-state index contributed by atoms with van der Waals surface area (Å²) in [5, 5.41) is 8.38. The van der Waals surface area contributed by atoms with Crippen LogP contribution >= 0.6 is 12.2 Å². The quantitative estimate of drug-likeness (QED) is 0.399. The Hall–Kier alpha value is -3.33. The standard InChI is InChI=1S/C19H22N4O4S/c1-24-15-9-5-7-13(17(15)26-3)11-20-22-19(28)23-21-12-14-8-6-10-16(25-2)18(14)27-4/h5-12H,1-4H3,(H2,22,23,28)/b20-11-,21-12-. The van der Waals surface area contributed by atoms with Crippen LogP contribution < -0.4 is 29.8 Å². The number of hydrogen-bond acceptors (Lipinski definition) is 7. The molecule has 0 unspecified atom stereocenters. The first-order chi connectivity index (χ1) is 13.6. The van der Waals surface area contributed by atoms with E-state index < -0.39 is 0 Å². The molecule has 0 saturated carbocycles. The highest BCUT2D eigenvalue weighted by Crippen LogP contribution is 2.30. The van der Waals surface area contributed by atoms with Crippen LogP contribution in [-0.4, -0.2) is 46.0 Å². The van der Waals surface area contributed by atoms with Crippen LogP contribution in [0.2, 0.25) is 0 Å². The van der Waals surface area contributed by atoms with E-state index in [4.69, 9.17) is 31.2 Å². The first-order valence-electron chi connectivity index (χ1n) is 8.18. The highest BCUT2D eigenvalue weighted by atomic mass is 32.1. The lowest BCUT2D eigenvalue weighted by atomic mass is 10.2. The van der Waals surface area contributed by atoms with E-state index in [1.165, 1.54) is 0 Å². The molecular weight excluding hydrogens is 380 g/mol. The van der Waals surface area contributed by atoms with Crippen LogP contribution in [0.4, 0.5) is 0 Å². The van der Waals surface area contributed by atoms with Crippen LogP contribution in [0.1, 0.15) is 11.1 Å². The third-order valence-electron chi connectivity index (χ3n) is 3.61. The lowest BCUT2D eigenvalue weighted by molar-refractivity contribution is 0.354. The van der Waals surface area contributed by atoms with Gasteiger partial charge in [-0.15, -0.1) is 0 Å². The smallest absolute Gasteiger partial charge is 0.207 e. The minimum Gasteiger partial charge on any atom is -0.493 e. The summed E-state index contributed by atoms with van der Waals surface area (Å²) in [4.78, 5) is 0. The van der Waals surface area contributed by atoms with Crippen molar-refractivity contribution in [3.63, 3.8) is 0 Å². The summed E-state index contributed by atoms with van der Waals surface area (Å²) in [5.41, 5.74) is 6.84. The second-order valence-corrected chi connectivity index (χ2v) is 5.64. The molecule has 0 atom stereocenters. The molecule has 2 aromatic carbocycles. The molecule has 0 amide bonds. The lowest BCUT2D eigenvalue weighted by Crippen LogP contribution is -2.28. The second kappa shape index (κ2) is 10.7. The third kappa shape index (κ3) is 5.34. The first kappa shape index (κ1) is 21.0. The molecule has 0 aromatic heterocycles. The first-order valence-corrected chi connectivity index (χ1v) is 8.59. The van der Waals surface area contributed by atoms with E-state index in [2.05, 4.69) is 21.1 Å². The lowest BCUT2D eigenvalue weighted by Gasteiger charge is -2.10. The van der Waals surface area contributed by atoms with Crippen molar-refractivity contribution in [2.75, 3.05) is 28.4 Å². The molecule has 0 aliphatic rings. The van der Waals surface area contributed by atoms with Gasteiger partial charge in [-0.1, -0.05) is 12.1 Å². The molecular formula is C19H22N4O4S. The van der Waals surface area contributed by atoms with E-state index in [0.717, 1.165) is 11.1 Å². The maximum atomic E-state index is 5.34. The molecule has 28 heavy (non-hydrogen) atoms. The average Bonchev–Trinajstić information content (AvgIpc) is 2.73. The number of nitrogens with one attached hydrogen (secondary N) is 2. The molecule has 0 fully saturated rings. The van der Waals surface area contributed by atoms with Gasteiger partial charge in [0.25, 0.3) is 0 Å². The van der Waals surface area contributed by atoms with Gasteiger partial charge in [0, 0.05) is 11.1 Å². The van der Waals surface area contributed by atoms with Crippen molar-refractivity contribution in [2.45, 2.75) is 0 Å². The molecule has 0 aliphatic heterocycles. The molecule has 0 bridgehead atoms. The molecule has 9 heteroatoms. The fourth-order valence-corrected chi connectivity index (χ4v) is 2.48. The van der Waals surface area contributed by atoms with Gasteiger partial charge in [0.05, 0.1) is 40.9 Å². The fraction of sp³-hybridized carbons (Fsp3) is 0.211. The molecule has 2 rings (SSSR count). The van der Waals surface area contributed by atoms with Crippen molar-refractivity contribution in [3.8, 4) is 23.0 Å². The zero-order valence-electron chi connectivity index (χ0n) is 16.1. The summed E-state index contributed by atoms with van der Waals surface area (Å²) in [5.74, 6) is 2.39. The maximum absolute atomic E-state index is 5.34. The Bertz CT molecular complexity index is 802. The summed E-state index contributed by atoms with van der Waals surface area (Å²) in [6.07, 6.45) is 3.15. The van der Waals surface area contributed by atoms with Crippen LogP contribution in [0.15, 0.2) is 46.6 Å². The minimum absolute atomic E-state index is 0.219. The van der Waals surface area contributed by atoms with Crippen LogP contribution in [-0.2, 0) is 0 Å². The summed E-state index contributed by atoms with van der Waals surface area (Å²) in [7, 11) is 6.28. The van der Waals surface area contributed by atoms with Crippen molar-refractivity contribution < 1.29 is 18.9 Å². The predicted octanol–water partition coefficient (Wildman–Crippen LogP) is 2.55. The maximum Gasteiger partial charge on any atom is 0.207 e. The summed E-state index contributed by atoms with van der Waals surface area (Å²) >= 11 is 5.14. The molecule has 0 heterocycles. The van der Waals surface area contributed by atoms with Gasteiger partial charge in [-0.25, -0.2) is 0 Å². The molecule has 8 nitrogen and oxygen atoms in total. The van der Waals surface area contributed by atoms with E-state index in [1.54, 1.807) is 53.0 Å². The van der Waals surface area contributed by atoms with Gasteiger partial charge >= 0.3 is 0 Å². The van der Waals surface area contributed by atoms with Gasteiger partial charge in [-0.05, 0) is 36.5 Å². The summed E-state index contributed by atoms with van der Waals surface area (Å²) < 4.78 is 21.2. The Morgan fingerprint density at radius 3 is 1.54 bits per heavy atom. The van der Waals surface area contributed by atoms with Crippen molar-refractivity contribution >= 4 is 29.8 Å². The van der Waals surface area contributed by atoms with E-state index in [9.17, 15) is 0 Å². The van der Waals surface area contributed by atoms with Gasteiger partial charge in [0.15, 0.2) is 23.0 Å². The zero-order valence-corrected chi connectivity index (χ0v) is 16.9. The number of hydrazone groups is 2. The Balaban J connectivity index is 1.97. The minimum atomic E-state index is 0.219. The highest BCUT2D eigenvalue weighted by Gasteiger charge is 2.08. The molecule has 2 N–H and O–H groups in total. The van der Waals surface area contributed by atoms with Crippen molar-refractivity contribution in [1.29, 1.82) is 0 Å². The van der Waals surface area contributed by atoms with Gasteiger partial charge in [0.2, 0.25) is 5.11 Å². The van der Waals surface area contributed by atoms with Crippen molar-refractivity contribution in [3.05, 3.63) is 47.5 Å². The van der Waals surface area contributed by atoms with E-state index in [0.29, 0.717) is 23.0 Å². The number of nitrogens with zero attached hydrogens (tertiary/aromatic N) is 2. The van der Waals surface area contributed by atoms with E-state index >= 15 is 0 Å². The Kier molecular flexibility index (Phi) is 8.04. The normalized spacial score (nSPS) is 10.7. The molecule has 2 aromatic rings.